The summed E-state index contributed by atoms with van der Waals surface area (Å²) in [5, 5.41) is 3.36. The van der Waals surface area contributed by atoms with Gasteiger partial charge in [-0.25, -0.2) is 9.78 Å². The third kappa shape index (κ3) is 3.97. The summed E-state index contributed by atoms with van der Waals surface area (Å²) in [5.41, 5.74) is 3.18. The molecule has 3 fully saturated rings. The fourth-order valence-electron chi connectivity index (χ4n) is 5.89. The number of ether oxygens (including phenoxy) is 1. The van der Waals surface area contributed by atoms with E-state index in [0.717, 1.165) is 69.1 Å². The fourth-order valence-corrected chi connectivity index (χ4v) is 5.89. The maximum atomic E-state index is 13.1. The molecule has 2 amide bonds. The predicted molar refractivity (Wildman–Crippen MR) is 131 cm³/mol. The second-order valence-corrected chi connectivity index (χ2v) is 10.0. The summed E-state index contributed by atoms with van der Waals surface area (Å²) in [4.78, 5) is 24.3. The highest BCUT2D eigenvalue weighted by Crippen LogP contribution is 2.46. The van der Waals surface area contributed by atoms with Gasteiger partial charge in [-0.05, 0) is 63.9 Å². The van der Waals surface area contributed by atoms with Crippen LogP contribution >= 0.6 is 0 Å². The number of benzene rings is 1. The minimum atomic E-state index is -0.178. The van der Waals surface area contributed by atoms with Crippen molar-refractivity contribution in [3.8, 4) is 0 Å². The molecule has 1 saturated carbocycles. The van der Waals surface area contributed by atoms with Crippen LogP contribution in [0.3, 0.4) is 0 Å². The van der Waals surface area contributed by atoms with Crippen molar-refractivity contribution in [1.29, 1.82) is 0 Å². The lowest BCUT2D eigenvalue weighted by Crippen LogP contribution is -2.54. The number of rotatable bonds is 4. The summed E-state index contributed by atoms with van der Waals surface area (Å²) in [7, 11) is 4.35. The zero-order chi connectivity index (χ0) is 23.1. The molecule has 176 valence electrons. The van der Waals surface area contributed by atoms with Crippen molar-refractivity contribution in [2.75, 3.05) is 56.7 Å². The monoisotopic (exact) mass is 449 g/mol. The van der Waals surface area contributed by atoms with E-state index in [0.29, 0.717) is 6.54 Å². The number of carbonyl (C=O) groups excluding carboxylic acids is 1. The van der Waals surface area contributed by atoms with Crippen LogP contribution in [0.2, 0.25) is 0 Å². The van der Waals surface area contributed by atoms with Gasteiger partial charge in [0, 0.05) is 18.6 Å². The average molecular weight is 450 g/mol. The van der Waals surface area contributed by atoms with Crippen LogP contribution in [0.15, 0.2) is 42.6 Å². The van der Waals surface area contributed by atoms with Crippen LogP contribution in [0.25, 0.3) is 0 Å². The molecule has 1 aromatic heterocycles. The number of hydrogen-bond donors (Lipinski definition) is 1. The quantitative estimate of drug-likeness (QED) is 0.774. The molecular weight excluding hydrogens is 414 g/mol. The Morgan fingerprint density at radius 1 is 1.06 bits per heavy atom. The van der Waals surface area contributed by atoms with Crippen LogP contribution in [0.5, 0.6) is 0 Å². The van der Waals surface area contributed by atoms with Gasteiger partial charge in [0.1, 0.15) is 5.82 Å². The Morgan fingerprint density at radius 2 is 1.76 bits per heavy atom. The number of aryl methyl sites for hydroxylation is 1. The molecule has 1 aliphatic carbocycles. The summed E-state index contributed by atoms with van der Waals surface area (Å²) >= 11 is 0. The first kappa shape index (κ1) is 22.2. The SMILES string of the molecule is Cc1cc(N2CC3(CCC(c4ccccc4)(N(C)C)CC3)NC2=O)cnc1N1CCOCC1. The molecular formula is C26H35N5O2. The molecule has 0 unspecified atom stereocenters. The van der Waals surface area contributed by atoms with Crippen LogP contribution in [0, 0.1) is 6.92 Å². The van der Waals surface area contributed by atoms with E-state index in [1.807, 2.05) is 11.1 Å². The largest absolute Gasteiger partial charge is 0.378 e. The van der Waals surface area contributed by atoms with Gasteiger partial charge in [-0.2, -0.15) is 0 Å². The van der Waals surface area contributed by atoms with E-state index in [2.05, 4.69) is 72.5 Å². The van der Waals surface area contributed by atoms with Crippen LogP contribution < -0.4 is 15.1 Å². The molecule has 33 heavy (non-hydrogen) atoms. The first-order chi connectivity index (χ1) is 15.9. The van der Waals surface area contributed by atoms with E-state index >= 15 is 0 Å². The number of urea groups is 1. The van der Waals surface area contributed by atoms with Gasteiger partial charge in [-0.15, -0.1) is 0 Å². The average Bonchev–Trinajstić information content (AvgIpc) is 3.16. The standard InChI is InChI=1S/C26H35N5O2/c1-20-17-22(18-27-23(20)30-13-15-33-16-14-30)31-19-25(28-24(31)32)9-11-26(12-10-25,29(2)3)21-7-5-4-6-8-21/h4-8,17-18H,9-16,19H2,1-3H3,(H,28,32). The second kappa shape index (κ2) is 8.61. The Hall–Kier alpha value is -2.64. The van der Waals surface area contributed by atoms with E-state index in [1.165, 1.54) is 5.56 Å². The lowest BCUT2D eigenvalue weighted by molar-refractivity contribution is 0.0658. The van der Waals surface area contributed by atoms with Gasteiger partial charge < -0.3 is 15.0 Å². The third-order valence-corrected chi connectivity index (χ3v) is 7.94. The number of nitrogens with zero attached hydrogens (tertiary/aromatic N) is 4. The molecule has 2 aromatic rings. The number of pyridine rings is 1. The van der Waals surface area contributed by atoms with Crippen LogP contribution in [-0.4, -0.2) is 68.4 Å². The van der Waals surface area contributed by atoms with Crippen molar-refractivity contribution in [1.82, 2.24) is 15.2 Å². The first-order valence-electron chi connectivity index (χ1n) is 12.0. The summed E-state index contributed by atoms with van der Waals surface area (Å²) < 4.78 is 5.47. The number of carbonyl (C=O) groups is 1. The van der Waals surface area contributed by atoms with Gasteiger partial charge in [0.2, 0.25) is 0 Å². The van der Waals surface area contributed by atoms with Crippen molar-refractivity contribution in [2.24, 2.45) is 0 Å². The van der Waals surface area contributed by atoms with Gasteiger partial charge in [-0.1, -0.05) is 30.3 Å². The van der Waals surface area contributed by atoms with Crippen LogP contribution in [0.1, 0.15) is 36.8 Å². The van der Waals surface area contributed by atoms with Gasteiger partial charge in [0.05, 0.1) is 37.2 Å². The maximum Gasteiger partial charge on any atom is 0.322 e. The minimum Gasteiger partial charge on any atom is -0.378 e. The topological polar surface area (TPSA) is 60.9 Å². The molecule has 0 atom stereocenters. The predicted octanol–water partition coefficient (Wildman–Crippen LogP) is 3.53. The molecule has 2 saturated heterocycles. The maximum absolute atomic E-state index is 13.1. The molecule has 1 aromatic carbocycles. The Balaban J connectivity index is 1.32. The molecule has 1 N–H and O–H groups in total. The molecule has 3 heterocycles. The minimum absolute atomic E-state index is 0.00705. The molecule has 2 aliphatic heterocycles. The summed E-state index contributed by atoms with van der Waals surface area (Å²) in [6.07, 6.45) is 5.81. The molecule has 0 radical (unpaired) electrons. The Labute approximate surface area is 196 Å². The Bertz CT molecular complexity index is 995. The number of nitrogens with one attached hydrogen (secondary N) is 1. The van der Waals surface area contributed by atoms with Crippen molar-refractivity contribution in [3.05, 3.63) is 53.7 Å². The van der Waals surface area contributed by atoms with E-state index in [9.17, 15) is 4.79 Å². The third-order valence-electron chi connectivity index (χ3n) is 7.94. The lowest BCUT2D eigenvalue weighted by atomic mass is 9.69. The molecule has 7 heteroatoms. The summed E-state index contributed by atoms with van der Waals surface area (Å²) in [6.45, 7) is 5.96. The molecule has 7 nitrogen and oxygen atoms in total. The van der Waals surface area contributed by atoms with E-state index < -0.39 is 0 Å². The zero-order valence-electron chi connectivity index (χ0n) is 20.0. The smallest absolute Gasteiger partial charge is 0.322 e. The molecule has 5 rings (SSSR count). The van der Waals surface area contributed by atoms with Crippen LogP contribution in [-0.2, 0) is 10.3 Å². The van der Waals surface area contributed by atoms with Gasteiger partial charge in [0.25, 0.3) is 0 Å². The Morgan fingerprint density at radius 3 is 2.39 bits per heavy atom. The molecule has 0 bridgehead atoms. The normalized spacial score (nSPS) is 27.9. The van der Waals surface area contributed by atoms with E-state index in [-0.39, 0.29) is 17.1 Å². The van der Waals surface area contributed by atoms with E-state index in [1.54, 1.807) is 0 Å². The van der Waals surface area contributed by atoms with Crippen molar-refractivity contribution in [3.63, 3.8) is 0 Å². The second-order valence-electron chi connectivity index (χ2n) is 10.0. The highest BCUT2D eigenvalue weighted by molar-refractivity contribution is 5.95. The fraction of sp³-hybridized carbons (Fsp3) is 0.538. The molecule has 1 spiro atoms. The number of morpholine rings is 1. The Kier molecular flexibility index (Phi) is 5.79. The highest BCUT2D eigenvalue weighted by Gasteiger charge is 2.50. The van der Waals surface area contributed by atoms with Gasteiger partial charge in [-0.3, -0.25) is 9.80 Å². The number of hydrogen-bond acceptors (Lipinski definition) is 5. The van der Waals surface area contributed by atoms with E-state index in [4.69, 9.17) is 9.72 Å². The first-order valence-corrected chi connectivity index (χ1v) is 12.0. The van der Waals surface area contributed by atoms with Crippen molar-refractivity contribution >= 4 is 17.5 Å². The summed E-state index contributed by atoms with van der Waals surface area (Å²) in [6, 6.07) is 12.9. The lowest BCUT2D eigenvalue weighted by Gasteiger charge is -2.48. The highest BCUT2D eigenvalue weighted by atomic mass is 16.5. The van der Waals surface area contributed by atoms with Crippen molar-refractivity contribution in [2.45, 2.75) is 43.7 Å². The molecule has 3 aliphatic rings. The van der Waals surface area contributed by atoms with Gasteiger partial charge in [0.15, 0.2) is 0 Å². The zero-order valence-corrected chi connectivity index (χ0v) is 20.0. The van der Waals surface area contributed by atoms with Crippen LogP contribution in [0.4, 0.5) is 16.3 Å². The number of aromatic nitrogens is 1. The van der Waals surface area contributed by atoms with Crippen molar-refractivity contribution < 1.29 is 9.53 Å². The summed E-state index contributed by atoms with van der Waals surface area (Å²) in [5.74, 6) is 0.993. The number of anilines is 2. The number of amides is 2. The van der Waals surface area contributed by atoms with Gasteiger partial charge >= 0.3 is 6.03 Å².